The van der Waals surface area contributed by atoms with Gasteiger partial charge in [0.25, 0.3) is 5.91 Å². The molecule has 20 heavy (non-hydrogen) atoms. The molecule has 0 aliphatic carbocycles. The van der Waals surface area contributed by atoms with Crippen molar-refractivity contribution in [2.45, 2.75) is 11.3 Å². The molecule has 0 aliphatic heterocycles. The molecule has 0 saturated heterocycles. The summed E-state index contributed by atoms with van der Waals surface area (Å²) in [6.45, 7) is 0.538. The lowest BCUT2D eigenvalue weighted by atomic mass is 10.2. The third kappa shape index (κ3) is 3.89. The summed E-state index contributed by atoms with van der Waals surface area (Å²) in [6, 6.07) is 9.51. The number of amides is 1. The summed E-state index contributed by atoms with van der Waals surface area (Å²) in [5.74, 6) is -0.234. The summed E-state index contributed by atoms with van der Waals surface area (Å²) in [7, 11) is -3.72. The van der Waals surface area contributed by atoms with Crippen LogP contribution in [-0.4, -0.2) is 20.9 Å². The maximum atomic E-state index is 11.8. The minimum absolute atomic E-state index is 0.00682. The molecule has 0 fully saturated rings. The highest BCUT2D eigenvalue weighted by Gasteiger charge is 2.09. The summed E-state index contributed by atoms with van der Waals surface area (Å²) in [5.41, 5.74) is 0.406. The standard InChI is InChI=1S/C13H14N2O3S2/c14-20(17,18)12-5-3-10(4-6-12)13(16)15-8-7-11-2-1-9-19-11/h1-6,9H,7-8H2,(H,15,16)(H2,14,17,18). The zero-order chi connectivity index (χ0) is 14.6. The third-order valence-corrected chi connectivity index (χ3v) is 4.55. The predicted octanol–water partition coefficient (Wildman–Crippen LogP) is 1.37. The minimum atomic E-state index is -3.72. The molecule has 0 radical (unpaired) electrons. The number of nitrogens with one attached hydrogen (secondary N) is 1. The molecule has 0 bridgehead atoms. The first kappa shape index (κ1) is 14.7. The highest BCUT2D eigenvalue weighted by molar-refractivity contribution is 7.89. The van der Waals surface area contributed by atoms with Gasteiger partial charge >= 0.3 is 0 Å². The number of rotatable bonds is 5. The Labute approximate surface area is 121 Å². The van der Waals surface area contributed by atoms with Crippen molar-refractivity contribution in [3.8, 4) is 0 Å². The van der Waals surface area contributed by atoms with Crippen LogP contribution < -0.4 is 10.5 Å². The van der Waals surface area contributed by atoms with Gasteiger partial charge < -0.3 is 5.32 Å². The second-order valence-electron chi connectivity index (χ2n) is 4.15. The van der Waals surface area contributed by atoms with Crippen molar-refractivity contribution < 1.29 is 13.2 Å². The molecule has 2 aromatic rings. The molecule has 0 unspecified atom stereocenters. The number of carbonyl (C=O) groups is 1. The van der Waals surface area contributed by atoms with Crippen molar-refractivity contribution in [2.75, 3.05) is 6.54 Å². The average molecular weight is 310 g/mol. The van der Waals surface area contributed by atoms with E-state index in [1.807, 2.05) is 17.5 Å². The van der Waals surface area contributed by atoms with Crippen LogP contribution in [0.1, 0.15) is 15.2 Å². The summed E-state index contributed by atoms with van der Waals surface area (Å²) >= 11 is 1.64. The number of nitrogens with two attached hydrogens (primary N) is 1. The molecule has 106 valence electrons. The van der Waals surface area contributed by atoms with Gasteiger partial charge in [0.2, 0.25) is 10.0 Å². The van der Waals surface area contributed by atoms with Gasteiger partial charge in [-0.3, -0.25) is 4.79 Å². The topological polar surface area (TPSA) is 89.3 Å². The van der Waals surface area contributed by atoms with Crippen molar-refractivity contribution >= 4 is 27.3 Å². The fraction of sp³-hybridized carbons (Fsp3) is 0.154. The van der Waals surface area contributed by atoms with E-state index in [0.29, 0.717) is 12.1 Å². The van der Waals surface area contributed by atoms with Crippen LogP contribution in [0.5, 0.6) is 0 Å². The Kier molecular flexibility index (Phi) is 4.53. The molecule has 2 rings (SSSR count). The molecular weight excluding hydrogens is 296 g/mol. The van der Waals surface area contributed by atoms with Gasteiger partial charge in [-0.05, 0) is 42.1 Å². The molecule has 0 atom stereocenters. The second-order valence-corrected chi connectivity index (χ2v) is 6.75. The Morgan fingerprint density at radius 2 is 1.90 bits per heavy atom. The average Bonchev–Trinajstić information content (AvgIpc) is 2.91. The lowest BCUT2D eigenvalue weighted by Crippen LogP contribution is -2.25. The Morgan fingerprint density at radius 3 is 2.45 bits per heavy atom. The number of sulfonamides is 1. The lowest BCUT2D eigenvalue weighted by molar-refractivity contribution is 0.0954. The molecule has 3 N–H and O–H groups in total. The molecule has 1 heterocycles. The van der Waals surface area contributed by atoms with Crippen LogP contribution in [0.25, 0.3) is 0 Å². The normalized spacial score (nSPS) is 11.2. The van der Waals surface area contributed by atoms with E-state index in [4.69, 9.17) is 5.14 Å². The summed E-state index contributed by atoms with van der Waals surface area (Å²) < 4.78 is 22.2. The van der Waals surface area contributed by atoms with E-state index in [1.165, 1.54) is 29.1 Å². The summed E-state index contributed by atoms with van der Waals surface area (Å²) in [5, 5.41) is 9.76. The number of benzene rings is 1. The SMILES string of the molecule is NS(=O)(=O)c1ccc(C(=O)NCCc2cccs2)cc1. The van der Waals surface area contributed by atoms with Crippen molar-refractivity contribution in [1.82, 2.24) is 5.32 Å². The van der Waals surface area contributed by atoms with Gasteiger partial charge in [0.1, 0.15) is 0 Å². The maximum Gasteiger partial charge on any atom is 0.251 e. The Morgan fingerprint density at radius 1 is 1.20 bits per heavy atom. The van der Waals surface area contributed by atoms with Crippen LogP contribution in [0.2, 0.25) is 0 Å². The largest absolute Gasteiger partial charge is 0.352 e. The highest BCUT2D eigenvalue weighted by atomic mass is 32.2. The van der Waals surface area contributed by atoms with Gasteiger partial charge in [-0.2, -0.15) is 0 Å². The van der Waals surface area contributed by atoms with Crippen LogP contribution in [0.4, 0.5) is 0 Å². The third-order valence-electron chi connectivity index (χ3n) is 2.68. The summed E-state index contributed by atoms with van der Waals surface area (Å²) in [4.78, 5) is 13.0. The monoisotopic (exact) mass is 310 g/mol. The van der Waals surface area contributed by atoms with Gasteiger partial charge in [-0.25, -0.2) is 13.6 Å². The van der Waals surface area contributed by atoms with Gasteiger partial charge in [-0.15, -0.1) is 11.3 Å². The van der Waals surface area contributed by atoms with E-state index < -0.39 is 10.0 Å². The van der Waals surface area contributed by atoms with Crippen molar-refractivity contribution in [3.63, 3.8) is 0 Å². The fourth-order valence-electron chi connectivity index (χ4n) is 1.65. The summed E-state index contributed by atoms with van der Waals surface area (Å²) in [6.07, 6.45) is 0.776. The predicted molar refractivity (Wildman–Crippen MR) is 78.2 cm³/mol. The van der Waals surface area contributed by atoms with Crippen LogP contribution in [0.15, 0.2) is 46.7 Å². The van der Waals surface area contributed by atoms with Crippen LogP contribution >= 0.6 is 11.3 Å². The quantitative estimate of drug-likeness (QED) is 0.874. The molecule has 1 aromatic heterocycles. The molecule has 0 saturated carbocycles. The number of carbonyl (C=O) groups excluding carboxylic acids is 1. The van der Waals surface area contributed by atoms with E-state index in [0.717, 1.165) is 6.42 Å². The van der Waals surface area contributed by atoms with E-state index in [2.05, 4.69) is 5.32 Å². The lowest BCUT2D eigenvalue weighted by Gasteiger charge is -2.05. The molecule has 5 nitrogen and oxygen atoms in total. The molecule has 1 amide bonds. The van der Waals surface area contributed by atoms with Crippen molar-refractivity contribution in [1.29, 1.82) is 0 Å². The van der Waals surface area contributed by atoms with Gasteiger partial charge in [0.15, 0.2) is 0 Å². The molecule has 0 aliphatic rings. The van der Waals surface area contributed by atoms with Gasteiger partial charge in [0, 0.05) is 17.0 Å². The van der Waals surface area contributed by atoms with Crippen LogP contribution in [0.3, 0.4) is 0 Å². The molecule has 7 heteroatoms. The zero-order valence-corrected chi connectivity index (χ0v) is 12.2. The van der Waals surface area contributed by atoms with E-state index in [-0.39, 0.29) is 10.8 Å². The molecular formula is C13H14N2O3S2. The maximum absolute atomic E-state index is 11.8. The highest BCUT2D eigenvalue weighted by Crippen LogP contribution is 2.10. The zero-order valence-electron chi connectivity index (χ0n) is 10.6. The van der Waals surface area contributed by atoms with Crippen molar-refractivity contribution in [2.24, 2.45) is 5.14 Å². The second kappa shape index (κ2) is 6.17. The van der Waals surface area contributed by atoms with E-state index in [9.17, 15) is 13.2 Å². The molecule has 1 aromatic carbocycles. The number of hydrogen-bond donors (Lipinski definition) is 2. The Balaban J connectivity index is 1.92. The van der Waals surface area contributed by atoms with Crippen LogP contribution in [-0.2, 0) is 16.4 Å². The van der Waals surface area contributed by atoms with E-state index in [1.54, 1.807) is 11.3 Å². The number of hydrogen-bond acceptors (Lipinski definition) is 4. The number of primary sulfonamides is 1. The fourth-order valence-corrected chi connectivity index (χ4v) is 2.88. The minimum Gasteiger partial charge on any atom is -0.352 e. The first-order valence-electron chi connectivity index (χ1n) is 5.90. The molecule has 0 spiro atoms. The first-order chi connectivity index (χ1) is 9.47. The Hall–Kier alpha value is -1.70. The van der Waals surface area contributed by atoms with Gasteiger partial charge in [-0.1, -0.05) is 6.07 Å². The number of thiophene rings is 1. The van der Waals surface area contributed by atoms with Gasteiger partial charge in [0.05, 0.1) is 4.90 Å². The smallest absolute Gasteiger partial charge is 0.251 e. The van der Waals surface area contributed by atoms with Crippen LogP contribution in [0, 0.1) is 0 Å². The van der Waals surface area contributed by atoms with Crippen molar-refractivity contribution in [3.05, 3.63) is 52.2 Å². The first-order valence-corrected chi connectivity index (χ1v) is 8.33. The Bertz CT molecular complexity index is 677. The van der Waals surface area contributed by atoms with E-state index >= 15 is 0 Å².